The van der Waals surface area contributed by atoms with E-state index in [1.54, 1.807) is 0 Å². The third-order valence-corrected chi connectivity index (χ3v) is 7.53. The number of rotatable bonds is 5. The van der Waals surface area contributed by atoms with Gasteiger partial charge in [-0.2, -0.15) is 4.31 Å². The molecule has 166 valence electrons. The summed E-state index contributed by atoms with van der Waals surface area (Å²) in [5, 5.41) is 9.62. The molecule has 1 aliphatic rings. The van der Waals surface area contributed by atoms with E-state index in [0.717, 1.165) is 4.31 Å². The van der Waals surface area contributed by atoms with Crippen molar-refractivity contribution in [3.05, 3.63) is 58.1 Å². The van der Waals surface area contributed by atoms with E-state index in [9.17, 15) is 18.0 Å². The van der Waals surface area contributed by atoms with Crippen LogP contribution in [0.5, 0.6) is 5.75 Å². The number of piperazine rings is 1. The second kappa shape index (κ2) is 9.41. The van der Waals surface area contributed by atoms with E-state index < -0.39 is 27.9 Å². The first kappa shape index (κ1) is 23.3. The summed E-state index contributed by atoms with van der Waals surface area (Å²) in [7, 11) is -2.63. The predicted octanol–water partition coefficient (Wildman–Crippen LogP) is 2.02. The second-order valence-corrected chi connectivity index (χ2v) is 9.37. The molecule has 0 aromatic heterocycles. The lowest BCUT2D eigenvalue weighted by Gasteiger charge is -2.39. The number of nitrogens with zero attached hydrogens (tertiary/aromatic N) is 2. The average Bonchev–Trinajstić information content (AvgIpc) is 2.79. The molecule has 0 radical (unpaired) electrons. The quantitative estimate of drug-likeness (QED) is 0.492. The second-order valence-electron chi connectivity index (χ2n) is 6.66. The molecule has 1 heterocycles. The van der Waals surface area contributed by atoms with Crippen LogP contribution >= 0.6 is 23.2 Å². The van der Waals surface area contributed by atoms with Crippen molar-refractivity contribution in [1.82, 2.24) is 14.7 Å². The van der Waals surface area contributed by atoms with Gasteiger partial charge >= 0.3 is 0 Å². The van der Waals surface area contributed by atoms with Crippen LogP contribution in [-0.4, -0.2) is 67.4 Å². The van der Waals surface area contributed by atoms with E-state index in [1.165, 1.54) is 60.0 Å². The lowest BCUT2D eigenvalue weighted by atomic mass is 10.1. The van der Waals surface area contributed by atoms with E-state index in [0.29, 0.717) is 5.75 Å². The summed E-state index contributed by atoms with van der Waals surface area (Å²) in [6, 6.07) is 8.70. The number of ether oxygens (including phenoxy) is 1. The summed E-state index contributed by atoms with van der Waals surface area (Å²) in [6.45, 7) is -0.385. The van der Waals surface area contributed by atoms with Crippen LogP contribution in [0.25, 0.3) is 0 Å². The zero-order valence-corrected chi connectivity index (χ0v) is 18.6. The van der Waals surface area contributed by atoms with Gasteiger partial charge in [0, 0.05) is 25.2 Å². The summed E-state index contributed by atoms with van der Waals surface area (Å²) in [5.74, 6) is -0.930. The molecule has 2 amide bonds. The Morgan fingerprint density at radius 3 is 2.35 bits per heavy atom. The fourth-order valence-corrected chi connectivity index (χ4v) is 5.09. The Bertz CT molecular complexity index is 1090. The molecule has 0 saturated carbocycles. The van der Waals surface area contributed by atoms with Crippen LogP contribution in [0.1, 0.15) is 10.4 Å². The first-order chi connectivity index (χ1) is 14.7. The lowest BCUT2D eigenvalue weighted by molar-refractivity contribution is -0.134. The van der Waals surface area contributed by atoms with Gasteiger partial charge in [0.15, 0.2) is 0 Å². The highest BCUT2D eigenvalue weighted by Gasteiger charge is 2.41. The smallest absolute Gasteiger partial charge is 0.263 e. The Morgan fingerprint density at radius 1 is 1.10 bits per heavy atom. The molecular formula is C19H19Cl2N3O6S. The summed E-state index contributed by atoms with van der Waals surface area (Å²) in [5.41, 5.74) is 1.72. The number of nitrogens with one attached hydrogen (secondary N) is 1. The van der Waals surface area contributed by atoms with Gasteiger partial charge in [0.1, 0.15) is 11.8 Å². The number of halogens is 2. The standard InChI is InChI=1S/C19H19Cl2N3O6S/c1-30-13-3-5-14(6-4-13)31(28,29)24-9-8-23(11-17(24)18(25)22-27)19(26)12-2-7-15(20)16(21)10-12/h2-7,10,17,27H,8-9,11H2,1H3,(H,22,25). The highest BCUT2D eigenvalue weighted by molar-refractivity contribution is 7.89. The molecule has 2 aromatic carbocycles. The fourth-order valence-electron chi connectivity index (χ4n) is 3.22. The first-order valence-corrected chi connectivity index (χ1v) is 11.2. The van der Waals surface area contributed by atoms with Crippen LogP contribution in [0, 0.1) is 0 Å². The topological polar surface area (TPSA) is 116 Å². The summed E-state index contributed by atoms with van der Waals surface area (Å²) >= 11 is 11.9. The summed E-state index contributed by atoms with van der Waals surface area (Å²) in [4.78, 5) is 26.4. The summed E-state index contributed by atoms with van der Waals surface area (Å²) in [6.07, 6.45) is 0. The number of hydroxylamine groups is 1. The number of amides is 2. The van der Waals surface area contributed by atoms with Gasteiger partial charge in [-0.05, 0) is 42.5 Å². The monoisotopic (exact) mass is 487 g/mol. The molecule has 1 fully saturated rings. The molecule has 9 nitrogen and oxygen atoms in total. The number of carbonyl (C=O) groups excluding carboxylic acids is 2. The Hall–Kier alpha value is -2.37. The van der Waals surface area contributed by atoms with E-state index >= 15 is 0 Å². The molecule has 0 spiro atoms. The molecule has 2 aromatic rings. The van der Waals surface area contributed by atoms with E-state index in [4.69, 9.17) is 33.1 Å². The molecule has 2 N–H and O–H groups in total. The van der Waals surface area contributed by atoms with Crippen LogP contribution < -0.4 is 10.2 Å². The van der Waals surface area contributed by atoms with Gasteiger partial charge in [0.05, 0.1) is 22.1 Å². The maximum Gasteiger partial charge on any atom is 0.263 e. The number of methoxy groups -OCH3 is 1. The molecule has 1 atom stereocenters. The average molecular weight is 488 g/mol. The van der Waals surface area contributed by atoms with Crippen LogP contribution in [0.15, 0.2) is 47.4 Å². The van der Waals surface area contributed by atoms with Gasteiger partial charge in [-0.15, -0.1) is 0 Å². The number of sulfonamides is 1. The van der Waals surface area contributed by atoms with Crippen molar-refractivity contribution in [2.24, 2.45) is 0 Å². The Balaban J connectivity index is 1.88. The van der Waals surface area contributed by atoms with E-state index in [1.807, 2.05) is 0 Å². The molecule has 1 unspecified atom stereocenters. The number of hydrogen-bond donors (Lipinski definition) is 2. The van der Waals surface area contributed by atoms with Crippen LogP contribution in [-0.2, 0) is 14.8 Å². The maximum absolute atomic E-state index is 13.1. The highest BCUT2D eigenvalue weighted by atomic mass is 35.5. The molecule has 0 aliphatic carbocycles. The minimum atomic E-state index is -4.09. The van der Waals surface area contributed by atoms with Gasteiger partial charge < -0.3 is 9.64 Å². The van der Waals surface area contributed by atoms with Gasteiger partial charge in [-0.3, -0.25) is 14.8 Å². The number of hydrogen-bond acceptors (Lipinski definition) is 6. The molecule has 3 rings (SSSR count). The van der Waals surface area contributed by atoms with Gasteiger partial charge in [-0.1, -0.05) is 23.2 Å². The molecule has 1 aliphatic heterocycles. The first-order valence-electron chi connectivity index (χ1n) is 9.03. The third-order valence-electron chi connectivity index (χ3n) is 4.86. The molecule has 31 heavy (non-hydrogen) atoms. The maximum atomic E-state index is 13.1. The molecule has 0 bridgehead atoms. The highest BCUT2D eigenvalue weighted by Crippen LogP contribution is 2.26. The van der Waals surface area contributed by atoms with E-state index in [2.05, 4.69) is 0 Å². The normalized spacial score (nSPS) is 17.3. The third kappa shape index (κ3) is 4.78. The minimum absolute atomic E-state index is 0.0314. The van der Waals surface area contributed by atoms with Crippen LogP contribution in [0.4, 0.5) is 0 Å². The van der Waals surface area contributed by atoms with Crippen LogP contribution in [0.2, 0.25) is 10.0 Å². The number of benzene rings is 2. The molecule has 12 heteroatoms. The Morgan fingerprint density at radius 2 is 1.77 bits per heavy atom. The van der Waals surface area contributed by atoms with Crippen molar-refractivity contribution >= 4 is 45.0 Å². The van der Waals surface area contributed by atoms with Crippen molar-refractivity contribution in [3.8, 4) is 5.75 Å². The van der Waals surface area contributed by atoms with Crippen molar-refractivity contribution < 1.29 is 28.0 Å². The lowest BCUT2D eigenvalue weighted by Crippen LogP contribution is -2.61. The fraction of sp³-hybridized carbons (Fsp3) is 0.263. The van der Waals surface area contributed by atoms with Crippen LogP contribution in [0.3, 0.4) is 0 Å². The van der Waals surface area contributed by atoms with Crippen molar-refractivity contribution in [2.75, 3.05) is 26.7 Å². The van der Waals surface area contributed by atoms with E-state index in [-0.39, 0.29) is 40.1 Å². The molecular weight excluding hydrogens is 469 g/mol. The van der Waals surface area contributed by atoms with Gasteiger partial charge in [-0.25, -0.2) is 13.9 Å². The largest absolute Gasteiger partial charge is 0.497 e. The van der Waals surface area contributed by atoms with Crippen molar-refractivity contribution in [1.29, 1.82) is 0 Å². The molecule has 1 saturated heterocycles. The number of carbonyl (C=O) groups is 2. The minimum Gasteiger partial charge on any atom is -0.497 e. The zero-order chi connectivity index (χ0) is 22.8. The Labute approximate surface area is 189 Å². The Kier molecular flexibility index (Phi) is 7.07. The predicted molar refractivity (Wildman–Crippen MR) is 113 cm³/mol. The SMILES string of the molecule is COc1ccc(S(=O)(=O)N2CCN(C(=O)c3ccc(Cl)c(Cl)c3)CC2C(=O)NO)cc1. The van der Waals surface area contributed by atoms with Crippen molar-refractivity contribution in [3.63, 3.8) is 0 Å². The van der Waals surface area contributed by atoms with Gasteiger partial charge in [0.25, 0.3) is 11.8 Å². The zero-order valence-electron chi connectivity index (χ0n) is 16.3. The summed E-state index contributed by atoms with van der Waals surface area (Å²) < 4.78 is 32.3. The van der Waals surface area contributed by atoms with Gasteiger partial charge in [0.2, 0.25) is 10.0 Å². The van der Waals surface area contributed by atoms with Crippen molar-refractivity contribution in [2.45, 2.75) is 10.9 Å².